The van der Waals surface area contributed by atoms with Gasteiger partial charge < -0.3 is 22.8 Å². The fraction of sp³-hybridized carbons (Fsp3) is 0.375. The zero-order valence-electron chi connectivity index (χ0n) is 9.68. The Labute approximate surface area is 137 Å². The van der Waals surface area contributed by atoms with Crippen LogP contribution in [0.2, 0.25) is 0 Å². The number of hydrazine groups is 1. The third kappa shape index (κ3) is 4.53. The molecule has 0 amide bonds. The number of hydrogen-bond acceptors (Lipinski definition) is 9. The number of hydrogen-bond donors (Lipinski definition) is 1. The van der Waals surface area contributed by atoms with Gasteiger partial charge >= 0.3 is 29.6 Å². The van der Waals surface area contributed by atoms with Gasteiger partial charge in [0.1, 0.15) is 5.82 Å². The average Bonchev–Trinajstić information content (AvgIpc) is 2.72. The molecule has 2 rings (SSSR count). The topological polar surface area (TPSA) is 72.9 Å². The second-order valence-electron chi connectivity index (χ2n) is 3.20. The van der Waals surface area contributed by atoms with Crippen molar-refractivity contribution >= 4 is 30.5 Å². The summed E-state index contributed by atoms with van der Waals surface area (Å²) >= 11 is 6.14. The average molecular weight is 297 g/mol. The molecule has 1 aliphatic heterocycles. The molecule has 1 saturated heterocycles. The molecule has 0 saturated carbocycles. The molecule has 0 bridgehead atoms. The summed E-state index contributed by atoms with van der Waals surface area (Å²) in [5.74, 6) is 1.21. The summed E-state index contributed by atoms with van der Waals surface area (Å²) in [6.07, 6.45) is 1.71. The minimum atomic E-state index is -0.279. The van der Waals surface area contributed by atoms with Crippen LogP contribution in [0.1, 0.15) is 0 Å². The van der Waals surface area contributed by atoms with Crippen LogP contribution in [0.4, 0.5) is 5.82 Å². The van der Waals surface area contributed by atoms with E-state index in [4.69, 9.17) is 12.6 Å². The summed E-state index contributed by atoms with van der Waals surface area (Å²) in [4.78, 5) is 6.13. The van der Waals surface area contributed by atoms with Crippen LogP contribution in [0.3, 0.4) is 0 Å². The van der Waals surface area contributed by atoms with E-state index in [9.17, 15) is 5.26 Å². The predicted octanol–water partition coefficient (Wildman–Crippen LogP) is -3.67. The molecule has 0 aromatic carbocycles. The van der Waals surface area contributed by atoms with E-state index >= 15 is 0 Å². The summed E-state index contributed by atoms with van der Waals surface area (Å²) in [6, 6.07) is 5.63. The van der Waals surface area contributed by atoms with Crippen LogP contribution in [0, 0.1) is 0 Å². The molecule has 1 aromatic heterocycles. The Bertz CT molecular complexity index is 350. The first-order valence-corrected chi connectivity index (χ1v) is 6.12. The van der Waals surface area contributed by atoms with Gasteiger partial charge in [0.15, 0.2) is 0 Å². The third-order valence-corrected chi connectivity index (χ3v) is 3.06. The first-order chi connectivity index (χ1) is 8.31. The van der Waals surface area contributed by atoms with Crippen LogP contribution < -0.4 is 45.1 Å². The first-order valence-electron chi connectivity index (χ1n) is 4.74. The van der Waals surface area contributed by atoms with E-state index in [-0.39, 0.29) is 35.1 Å². The van der Waals surface area contributed by atoms with Gasteiger partial charge in [-0.3, -0.25) is 10.5 Å². The third-order valence-electron chi connectivity index (χ3n) is 2.13. The van der Waals surface area contributed by atoms with Crippen LogP contribution in [0.5, 0.6) is 0 Å². The van der Waals surface area contributed by atoms with E-state index in [0.29, 0.717) is 12.5 Å². The number of pyridine rings is 1. The summed E-state index contributed by atoms with van der Waals surface area (Å²) in [5.41, 5.74) is 2.76. The van der Waals surface area contributed by atoms with Gasteiger partial charge in [0.25, 0.3) is 0 Å². The maximum Gasteiger partial charge on any atom is 1.00 e. The van der Waals surface area contributed by atoms with Gasteiger partial charge in [-0.25, -0.2) is 9.99 Å². The van der Waals surface area contributed by atoms with Crippen LogP contribution in [0.25, 0.3) is 0 Å². The van der Waals surface area contributed by atoms with E-state index in [0.717, 1.165) is 17.9 Å². The Kier molecular flexibility index (Phi) is 7.87. The van der Waals surface area contributed by atoms with Crippen molar-refractivity contribution in [3.05, 3.63) is 24.4 Å². The maximum atomic E-state index is 9.63. The number of anilines is 1. The van der Waals surface area contributed by atoms with Crippen LogP contribution in [-0.2, 0) is 22.0 Å². The second-order valence-corrected chi connectivity index (χ2v) is 4.28. The number of rotatable bonds is 5. The van der Waals surface area contributed by atoms with Crippen molar-refractivity contribution in [3.63, 3.8) is 0 Å². The molecule has 1 fully saturated rings. The molecule has 18 heavy (non-hydrogen) atoms. The molecule has 2 heterocycles. The summed E-state index contributed by atoms with van der Waals surface area (Å²) < 4.78 is 4.18. The standard InChI is InChI=1S/C8H12N4O3S2.Na/c13-14-15-17-6-11-5-12(8(16)10-11)7-3-1-2-4-9-7;/h1-4,8,10,13,16H,5-6H2;/q;+1/p-2. The molecule has 0 radical (unpaired) electrons. The molecule has 0 aliphatic carbocycles. The van der Waals surface area contributed by atoms with Gasteiger partial charge in [-0.15, -0.1) is 0 Å². The van der Waals surface area contributed by atoms with Gasteiger partial charge in [0.05, 0.1) is 12.5 Å². The van der Waals surface area contributed by atoms with E-state index in [1.807, 2.05) is 23.1 Å². The van der Waals surface area contributed by atoms with Crippen molar-refractivity contribution < 1.29 is 44.2 Å². The molecule has 1 aliphatic rings. The quantitative estimate of drug-likeness (QED) is 0.148. The van der Waals surface area contributed by atoms with Gasteiger partial charge in [-0.1, -0.05) is 6.07 Å². The van der Waals surface area contributed by atoms with E-state index in [1.165, 1.54) is 0 Å². The zero-order chi connectivity index (χ0) is 12.1. The molecule has 1 atom stereocenters. The molecular formula is C8H10N4NaO3S2-. The van der Waals surface area contributed by atoms with Gasteiger partial charge in [0, 0.05) is 18.2 Å². The van der Waals surface area contributed by atoms with Crippen molar-refractivity contribution in [2.24, 2.45) is 0 Å². The summed E-state index contributed by atoms with van der Waals surface area (Å²) in [5, 5.41) is 14.7. The minimum absolute atomic E-state index is 0. The SMILES string of the molecule is [Na+].[O-]OOSCN1CN(c2ccccn2)C([S-])N1. The fourth-order valence-electron chi connectivity index (χ4n) is 1.42. The van der Waals surface area contributed by atoms with Crippen molar-refractivity contribution in [2.45, 2.75) is 5.50 Å². The normalized spacial score (nSPS) is 19.9. The molecule has 10 heteroatoms. The Morgan fingerprint density at radius 3 is 3.11 bits per heavy atom. The van der Waals surface area contributed by atoms with Crippen LogP contribution >= 0.6 is 12.0 Å². The Hall–Kier alpha value is 0.450. The molecule has 0 spiro atoms. The number of nitrogens with one attached hydrogen (secondary N) is 1. The number of aromatic nitrogens is 1. The smallest absolute Gasteiger partial charge is 0.751 e. The Morgan fingerprint density at radius 2 is 2.44 bits per heavy atom. The Morgan fingerprint density at radius 1 is 1.61 bits per heavy atom. The first kappa shape index (κ1) is 16.5. The maximum absolute atomic E-state index is 9.63. The van der Waals surface area contributed by atoms with Crippen LogP contribution in [0.15, 0.2) is 24.4 Å². The van der Waals surface area contributed by atoms with Gasteiger partial charge in [-0.05, 0) is 17.6 Å². The fourth-order valence-corrected chi connectivity index (χ4v) is 2.11. The Balaban J connectivity index is 0.00000162. The van der Waals surface area contributed by atoms with Gasteiger partial charge in [-0.2, -0.15) is 4.33 Å². The van der Waals surface area contributed by atoms with Crippen molar-refractivity contribution in [2.75, 3.05) is 17.4 Å². The summed E-state index contributed by atoms with van der Waals surface area (Å²) in [7, 11) is 0. The second kappa shape index (κ2) is 8.59. The monoisotopic (exact) mass is 297 g/mol. The molecule has 7 nitrogen and oxygen atoms in total. The molecular weight excluding hydrogens is 287 g/mol. The molecule has 1 unspecified atom stereocenters. The molecule has 1 aromatic rings. The van der Waals surface area contributed by atoms with E-state index in [1.54, 1.807) is 11.2 Å². The summed E-state index contributed by atoms with van der Waals surface area (Å²) in [6.45, 7) is 0.556. The van der Waals surface area contributed by atoms with E-state index in [2.05, 4.69) is 19.8 Å². The zero-order valence-corrected chi connectivity index (χ0v) is 13.3. The van der Waals surface area contributed by atoms with Crippen LogP contribution in [-0.4, -0.2) is 28.0 Å². The molecule has 94 valence electrons. The van der Waals surface area contributed by atoms with Crippen molar-refractivity contribution in [1.82, 2.24) is 15.4 Å². The van der Waals surface area contributed by atoms with E-state index < -0.39 is 0 Å². The minimum Gasteiger partial charge on any atom is -0.751 e. The molecule has 1 N–H and O–H groups in total. The van der Waals surface area contributed by atoms with Crippen molar-refractivity contribution in [3.8, 4) is 0 Å². The largest absolute Gasteiger partial charge is 1.00 e. The van der Waals surface area contributed by atoms with Crippen molar-refractivity contribution in [1.29, 1.82) is 0 Å². The predicted molar refractivity (Wildman–Crippen MR) is 62.3 cm³/mol. The van der Waals surface area contributed by atoms with Gasteiger partial charge in [0.2, 0.25) is 0 Å². The number of nitrogens with zero attached hydrogens (tertiary/aromatic N) is 3.